The van der Waals surface area contributed by atoms with Gasteiger partial charge < -0.3 is 15.5 Å². The minimum atomic E-state index is -0.144. The predicted molar refractivity (Wildman–Crippen MR) is 83.7 cm³/mol. The lowest BCUT2D eigenvalue weighted by Gasteiger charge is -2.32. The summed E-state index contributed by atoms with van der Waals surface area (Å²) in [6.45, 7) is 1.78. The molecule has 1 aromatic heterocycles. The van der Waals surface area contributed by atoms with E-state index in [9.17, 15) is 4.79 Å². The summed E-state index contributed by atoms with van der Waals surface area (Å²) in [5, 5.41) is 5.87. The summed E-state index contributed by atoms with van der Waals surface area (Å²) >= 11 is 1.22. The van der Waals surface area contributed by atoms with Crippen LogP contribution in [0.3, 0.4) is 0 Å². The van der Waals surface area contributed by atoms with Crippen molar-refractivity contribution in [2.45, 2.75) is 18.9 Å². The van der Waals surface area contributed by atoms with Gasteiger partial charge in [-0.15, -0.1) is 0 Å². The summed E-state index contributed by atoms with van der Waals surface area (Å²) in [6.07, 6.45) is 3.63. The Balaban J connectivity index is 1.46. The lowest BCUT2D eigenvalue weighted by atomic mass is 10.1. The quantitative estimate of drug-likeness (QED) is 0.913. The molecule has 0 saturated carbocycles. The van der Waals surface area contributed by atoms with Crippen molar-refractivity contribution in [1.82, 2.24) is 14.1 Å². The van der Waals surface area contributed by atoms with Gasteiger partial charge in [-0.2, -0.15) is 8.75 Å². The summed E-state index contributed by atoms with van der Waals surface area (Å²) in [5.41, 5.74) is 0.806. The number of hydrogen-bond donors (Lipinski definition) is 2. The molecule has 21 heavy (non-hydrogen) atoms. The molecular formula is C14H17N5OS. The molecule has 1 saturated heterocycles. The Morgan fingerprint density at radius 3 is 2.67 bits per heavy atom. The van der Waals surface area contributed by atoms with Crippen LogP contribution < -0.4 is 15.5 Å². The molecule has 0 unspecified atom stereocenters. The van der Waals surface area contributed by atoms with Gasteiger partial charge in [-0.3, -0.25) is 0 Å². The third-order valence-corrected chi connectivity index (χ3v) is 4.00. The molecule has 0 radical (unpaired) electrons. The van der Waals surface area contributed by atoms with Gasteiger partial charge in [0, 0.05) is 24.8 Å². The highest BCUT2D eigenvalue weighted by Gasteiger charge is 2.21. The number of rotatable bonds is 3. The van der Waals surface area contributed by atoms with E-state index in [-0.39, 0.29) is 12.1 Å². The van der Waals surface area contributed by atoms with E-state index in [1.807, 2.05) is 30.3 Å². The molecule has 2 heterocycles. The number of hydrogen-bond acceptors (Lipinski definition) is 5. The van der Waals surface area contributed by atoms with Crippen molar-refractivity contribution in [3.63, 3.8) is 0 Å². The fourth-order valence-electron chi connectivity index (χ4n) is 2.43. The van der Waals surface area contributed by atoms with Crippen LogP contribution in [0.5, 0.6) is 0 Å². The van der Waals surface area contributed by atoms with Gasteiger partial charge in [0.2, 0.25) is 0 Å². The maximum atomic E-state index is 11.9. The van der Waals surface area contributed by atoms with Gasteiger partial charge in [0.1, 0.15) is 0 Å². The van der Waals surface area contributed by atoms with Crippen LogP contribution in [0.1, 0.15) is 12.8 Å². The number of nitrogens with zero attached hydrogens (tertiary/aromatic N) is 3. The first-order valence-electron chi connectivity index (χ1n) is 6.96. The number of carbonyl (C=O) groups is 1. The average molecular weight is 303 g/mol. The van der Waals surface area contributed by atoms with Gasteiger partial charge in [0.05, 0.1) is 17.9 Å². The van der Waals surface area contributed by atoms with Gasteiger partial charge >= 0.3 is 6.03 Å². The molecule has 0 spiro atoms. The number of amides is 2. The molecule has 1 aliphatic rings. The minimum Gasteiger partial charge on any atom is -0.354 e. The zero-order valence-electron chi connectivity index (χ0n) is 11.5. The van der Waals surface area contributed by atoms with Crippen LogP contribution in [-0.2, 0) is 0 Å². The Hall–Kier alpha value is -2.15. The maximum absolute atomic E-state index is 11.9. The minimum absolute atomic E-state index is 0.144. The van der Waals surface area contributed by atoms with Crippen molar-refractivity contribution >= 4 is 29.3 Å². The second-order valence-corrected chi connectivity index (χ2v) is 5.55. The Bertz CT molecular complexity index is 566. The number of anilines is 2. The molecule has 3 rings (SSSR count). The highest BCUT2D eigenvalue weighted by molar-refractivity contribution is 6.99. The van der Waals surface area contributed by atoms with E-state index in [1.165, 1.54) is 11.7 Å². The highest BCUT2D eigenvalue weighted by atomic mass is 32.1. The number of aromatic nitrogens is 2. The SMILES string of the molecule is O=C(Nc1ccccc1)NC1CCN(c2cnsn2)CC1. The van der Waals surface area contributed by atoms with Crippen LogP contribution in [0.2, 0.25) is 0 Å². The molecule has 7 heteroatoms. The molecule has 1 fully saturated rings. The second kappa shape index (κ2) is 6.53. The van der Waals surface area contributed by atoms with Crippen LogP contribution in [0.4, 0.5) is 16.3 Å². The number of urea groups is 1. The number of para-hydroxylation sites is 1. The van der Waals surface area contributed by atoms with E-state index >= 15 is 0 Å². The molecule has 0 aliphatic carbocycles. The van der Waals surface area contributed by atoms with Crippen LogP contribution in [0.15, 0.2) is 36.5 Å². The molecule has 0 atom stereocenters. The maximum Gasteiger partial charge on any atom is 0.319 e. The lowest BCUT2D eigenvalue weighted by molar-refractivity contribution is 0.246. The Morgan fingerprint density at radius 2 is 2.00 bits per heavy atom. The van der Waals surface area contributed by atoms with E-state index in [0.717, 1.165) is 37.4 Å². The largest absolute Gasteiger partial charge is 0.354 e. The van der Waals surface area contributed by atoms with E-state index in [1.54, 1.807) is 6.20 Å². The van der Waals surface area contributed by atoms with Gasteiger partial charge in [0.15, 0.2) is 5.82 Å². The standard InChI is InChI=1S/C14H17N5OS/c20-14(16-11-4-2-1-3-5-11)17-12-6-8-19(9-7-12)13-10-15-21-18-13/h1-5,10,12H,6-9H2,(H2,16,17,20). The van der Waals surface area contributed by atoms with Crippen molar-refractivity contribution in [2.24, 2.45) is 0 Å². The topological polar surface area (TPSA) is 70.2 Å². The third kappa shape index (κ3) is 3.69. The fourth-order valence-corrected chi connectivity index (χ4v) is 2.86. The molecule has 2 amide bonds. The summed E-state index contributed by atoms with van der Waals surface area (Å²) in [4.78, 5) is 14.1. The molecule has 6 nitrogen and oxygen atoms in total. The Morgan fingerprint density at radius 1 is 1.24 bits per heavy atom. The second-order valence-electron chi connectivity index (χ2n) is 4.99. The van der Waals surface area contributed by atoms with Crippen LogP contribution in [0, 0.1) is 0 Å². The molecule has 110 valence electrons. The van der Waals surface area contributed by atoms with Gasteiger partial charge in [0.25, 0.3) is 0 Å². The lowest BCUT2D eigenvalue weighted by Crippen LogP contribution is -2.46. The van der Waals surface area contributed by atoms with Gasteiger partial charge in [-0.1, -0.05) is 18.2 Å². The monoisotopic (exact) mass is 303 g/mol. The first kappa shape index (κ1) is 13.8. The van der Waals surface area contributed by atoms with Crippen LogP contribution >= 0.6 is 11.7 Å². The predicted octanol–water partition coefficient (Wildman–Crippen LogP) is 2.33. The van der Waals surface area contributed by atoms with Crippen LogP contribution in [-0.4, -0.2) is 33.9 Å². The molecule has 2 N–H and O–H groups in total. The van der Waals surface area contributed by atoms with Crippen LogP contribution in [0.25, 0.3) is 0 Å². The summed E-state index contributed by atoms with van der Waals surface area (Å²) in [6, 6.07) is 9.53. The highest BCUT2D eigenvalue weighted by Crippen LogP contribution is 2.18. The smallest absolute Gasteiger partial charge is 0.319 e. The zero-order chi connectivity index (χ0) is 14.5. The summed E-state index contributed by atoms with van der Waals surface area (Å²) < 4.78 is 8.26. The number of nitrogens with one attached hydrogen (secondary N) is 2. The zero-order valence-corrected chi connectivity index (χ0v) is 12.3. The van der Waals surface area contributed by atoms with E-state index in [4.69, 9.17) is 0 Å². The first-order valence-corrected chi connectivity index (χ1v) is 7.69. The van der Waals surface area contributed by atoms with Crippen molar-refractivity contribution in [1.29, 1.82) is 0 Å². The summed E-state index contributed by atoms with van der Waals surface area (Å²) in [7, 11) is 0. The number of carbonyl (C=O) groups excluding carboxylic acids is 1. The molecule has 0 bridgehead atoms. The Labute approximate surface area is 127 Å². The molecule has 1 aromatic carbocycles. The van der Waals surface area contributed by atoms with Crippen molar-refractivity contribution in [3.8, 4) is 0 Å². The third-order valence-electron chi connectivity index (χ3n) is 3.54. The summed E-state index contributed by atoms with van der Waals surface area (Å²) in [5.74, 6) is 0.937. The Kier molecular flexibility index (Phi) is 4.30. The number of benzene rings is 1. The van der Waals surface area contributed by atoms with E-state index in [0.29, 0.717) is 0 Å². The van der Waals surface area contributed by atoms with E-state index < -0.39 is 0 Å². The van der Waals surface area contributed by atoms with Crippen molar-refractivity contribution < 1.29 is 4.79 Å². The van der Waals surface area contributed by atoms with Crippen molar-refractivity contribution in [3.05, 3.63) is 36.5 Å². The van der Waals surface area contributed by atoms with Gasteiger partial charge in [-0.25, -0.2) is 4.79 Å². The number of piperidine rings is 1. The van der Waals surface area contributed by atoms with E-state index in [2.05, 4.69) is 24.3 Å². The first-order chi connectivity index (χ1) is 10.3. The normalized spacial score (nSPS) is 15.7. The average Bonchev–Trinajstić information content (AvgIpc) is 3.03. The van der Waals surface area contributed by atoms with Crippen molar-refractivity contribution in [2.75, 3.05) is 23.3 Å². The fraction of sp³-hybridized carbons (Fsp3) is 0.357. The molecule has 2 aromatic rings. The van der Waals surface area contributed by atoms with Gasteiger partial charge in [-0.05, 0) is 25.0 Å². The molecule has 1 aliphatic heterocycles. The molecular weight excluding hydrogens is 286 g/mol.